The van der Waals surface area contributed by atoms with Crippen LogP contribution in [0.15, 0.2) is 12.1 Å². The maximum absolute atomic E-state index is 11.0. The van der Waals surface area contributed by atoms with Crippen LogP contribution in [0.4, 0.5) is 5.69 Å². The predicted molar refractivity (Wildman–Crippen MR) is 70.8 cm³/mol. The van der Waals surface area contributed by atoms with Crippen molar-refractivity contribution in [2.24, 2.45) is 0 Å². The van der Waals surface area contributed by atoms with E-state index in [-0.39, 0.29) is 17.9 Å². The molecule has 6 heteroatoms. The SMILES string of the molecule is COc1cc(N)c(C(=O)O)cc1OCCCCCO. The third kappa shape index (κ3) is 4.33. The Labute approximate surface area is 111 Å². The first-order valence-corrected chi connectivity index (χ1v) is 6.04. The molecule has 0 radical (unpaired) electrons. The number of nitrogens with two attached hydrogens (primary N) is 1. The van der Waals surface area contributed by atoms with Gasteiger partial charge in [0.2, 0.25) is 0 Å². The number of hydrogen-bond acceptors (Lipinski definition) is 5. The van der Waals surface area contributed by atoms with Gasteiger partial charge in [0.15, 0.2) is 11.5 Å². The van der Waals surface area contributed by atoms with Crippen molar-refractivity contribution >= 4 is 11.7 Å². The average Bonchev–Trinajstić information content (AvgIpc) is 2.39. The number of benzene rings is 1. The number of carboxylic acid groups (broad SMARTS) is 1. The minimum atomic E-state index is -1.11. The summed E-state index contributed by atoms with van der Waals surface area (Å²) in [5.74, 6) is -0.340. The lowest BCUT2D eigenvalue weighted by Gasteiger charge is -2.12. The van der Waals surface area contributed by atoms with Gasteiger partial charge in [-0.1, -0.05) is 0 Å². The third-order valence-corrected chi connectivity index (χ3v) is 2.63. The van der Waals surface area contributed by atoms with Gasteiger partial charge in [0, 0.05) is 18.7 Å². The van der Waals surface area contributed by atoms with Crippen molar-refractivity contribution in [2.45, 2.75) is 19.3 Å². The van der Waals surface area contributed by atoms with E-state index in [0.29, 0.717) is 18.1 Å². The fourth-order valence-corrected chi connectivity index (χ4v) is 1.61. The van der Waals surface area contributed by atoms with E-state index in [0.717, 1.165) is 19.3 Å². The van der Waals surface area contributed by atoms with Crippen LogP contribution >= 0.6 is 0 Å². The molecule has 0 spiro atoms. The van der Waals surface area contributed by atoms with Crippen molar-refractivity contribution < 1.29 is 24.5 Å². The van der Waals surface area contributed by atoms with Crippen LogP contribution in [0.2, 0.25) is 0 Å². The highest BCUT2D eigenvalue weighted by molar-refractivity contribution is 5.94. The second-order valence-corrected chi connectivity index (χ2v) is 4.03. The van der Waals surface area contributed by atoms with E-state index in [1.165, 1.54) is 19.2 Å². The Morgan fingerprint density at radius 1 is 1.26 bits per heavy atom. The van der Waals surface area contributed by atoms with Crippen LogP contribution in [0.3, 0.4) is 0 Å². The Morgan fingerprint density at radius 2 is 2.00 bits per heavy atom. The van der Waals surface area contributed by atoms with Crippen LogP contribution in [-0.4, -0.2) is 36.5 Å². The number of aromatic carboxylic acids is 1. The molecule has 0 bridgehead atoms. The highest BCUT2D eigenvalue weighted by Gasteiger charge is 2.14. The lowest BCUT2D eigenvalue weighted by Crippen LogP contribution is -2.06. The molecule has 0 aromatic heterocycles. The van der Waals surface area contributed by atoms with Gasteiger partial charge in [0.05, 0.1) is 25.0 Å². The molecule has 6 nitrogen and oxygen atoms in total. The van der Waals surface area contributed by atoms with Gasteiger partial charge < -0.3 is 25.4 Å². The monoisotopic (exact) mass is 269 g/mol. The molecule has 4 N–H and O–H groups in total. The Bertz CT molecular complexity index is 433. The molecule has 0 heterocycles. The number of rotatable bonds is 8. The van der Waals surface area contributed by atoms with Gasteiger partial charge in [-0.3, -0.25) is 0 Å². The molecule has 0 unspecified atom stereocenters. The fourth-order valence-electron chi connectivity index (χ4n) is 1.61. The van der Waals surface area contributed by atoms with Crippen molar-refractivity contribution in [3.05, 3.63) is 17.7 Å². The Kier molecular flexibility index (Phi) is 5.95. The number of hydrogen-bond donors (Lipinski definition) is 3. The lowest BCUT2D eigenvalue weighted by molar-refractivity contribution is 0.0697. The topological polar surface area (TPSA) is 102 Å². The summed E-state index contributed by atoms with van der Waals surface area (Å²) in [6, 6.07) is 2.80. The maximum atomic E-state index is 11.0. The Hall–Kier alpha value is -1.95. The Balaban J connectivity index is 2.74. The number of unbranched alkanes of at least 4 members (excludes halogenated alkanes) is 2. The molecule has 1 aromatic carbocycles. The van der Waals surface area contributed by atoms with Gasteiger partial charge in [-0.2, -0.15) is 0 Å². The van der Waals surface area contributed by atoms with Crippen molar-refractivity contribution in [3.8, 4) is 11.5 Å². The van der Waals surface area contributed by atoms with Crippen molar-refractivity contribution in [1.29, 1.82) is 0 Å². The van der Waals surface area contributed by atoms with E-state index in [4.69, 9.17) is 25.4 Å². The number of aliphatic hydroxyl groups excluding tert-OH is 1. The second-order valence-electron chi connectivity index (χ2n) is 4.03. The average molecular weight is 269 g/mol. The van der Waals surface area contributed by atoms with Gasteiger partial charge in [0.1, 0.15) is 0 Å². The van der Waals surface area contributed by atoms with E-state index < -0.39 is 5.97 Å². The summed E-state index contributed by atoms with van der Waals surface area (Å²) in [7, 11) is 1.47. The van der Waals surface area contributed by atoms with Gasteiger partial charge in [-0.05, 0) is 19.3 Å². The molecule has 0 aliphatic rings. The fraction of sp³-hybridized carbons (Fsp3) is 0.462. The zero-order valence-corrected chi connectivity index (χ0v) is 10.9. The van der Waals surface area contributed by atoms with Crippen LogP contribution in [0.25, 0.3) is 0 Å². The molecule has 0 saturated carbocycles. The van der Waals surface area contributed by atoms with E-state index in [2.05, 4.69) is 0 Å². The second kappa shape index (κ2) is 7.48. The largest absolute Gasteiger partial charge is 0.493 e. The summed E-state index contributed by atoms with van der Waals surface area (Å²) >= 11 is 0. The number of carboxylic acids is 1. The summed E-state index contributed by atoms with van der Waals surface area (Å²) < 4.78 is 10.6. The number of ether oxygens (including phenoxy) is 2. The summed E-state index contributed by atoms with van der Waals surface area (Å²) in [5, 5.41) is 17.6. The van der Waals surface area contributed by atoms with Gasteiger partial charge in [-0.25, -0.2) is 4.79 Å². The number of methoxy groups -OCH3 is 1. The normalized spacial score (nSPS) is 10.2. The highest BCUT2D eigenvalue weighted by Crippen LogP contribution is 2.32. The van der Waals surface area contributed by atoms with E-state index in [1.54, 1.807) is 0 Å². The maximum Gasteiger partial charge on any atom is 0.337 e. The molecule has 0 saturated heterocycles. The molecule has 1 aromatic rings. The molecular formula is C13H19NO5. The summed E-state index contributed by atoms with van der Waals surface area (Å²) in [6.07, 6.45) is 2.35. The number of aliphatic hydroxyl groups is 1. The molecule has 0 aliphatic heterocycles. The standard InChI is InChI=1S/C13H19NO5/c1-18-11-8-10(14)9(13(16)17)7-12(11)19-6-4-2-3-5-15/h7-8,15H,2-6,14H2,1H3,(H,16,17). The zero-order chi connectivity index (χ0) is 14.3. The molecule has 0 atom stereocenters. The predicted octanol–water partition coefficient (Wildman–Crippen LogP) is 1.52. The summed E-state index contributed by atoms with van der Waals surface area (Å²) in [4.78, 5) is 11.0. The van der Waals surface area contributed by atoms with Crippen LogP contribution in [-0.2, 0) is 0 Å². The third-order valence-electron chi connectivity index (χ3n) is 2.63. The van der Waals surface area contributed by atoms with Crippen LogP contribution in [0.5, 0.6) is 11.5 Å². The van der Waals surface area contributed by atoms with E-state index >= 15 is 0 Å². The summed E-state index contributed by atoms with van der Waals surface area (Å²) in [5.41, 5.74) is 5.74. The quantitative estimate of drug-likeness (QED) is 0.488. The van der Waals surface area contributed by atoms with Gasteiger partial charge >= 0.3 is 5.97 Å². The van der Waals surface area contributed by atoms with Gasteiger partial charge in [0.25, 0.3) is 0 Å². The smallest absolute Gasteiger partial charge is 0.337 e. The molecule has 0 fully saturated rings. The minimum Gasteiger partial charge on any atom is -0.493 e. The molecule has 0 aliphatic carbocycles. The molecular weight excluding hydrogens is 250 g/mol. The molecule has 106 valence electrons. The molecule has 19 heavy (non-hydrogen) atoms. The minimum absolute atomic E-state index is 0.00819. The van der Waals surface area contributed by atoms with Crippen LogP contribution < -0.4 is 15.2 Å². The van der Waals surface area contributed by atoms with Crippen molar-refractivity contribution in [3.63, 3.8) is 0 Å². The van der Waals surface area contributed by atoms with Crippen molar-refractivity contribution in [2.75, 3.05) is 26.1 Å². The first-order chi connectivity index (χ1) is 9.10. The highest BCUT2D eigenvalue weighted by atomic mass is 16.5. The molecule has 0 amide bonds. The zero-order valence-electron chi connectivity index (χ0n) is 10.9. The van der Waals surface area contributed by atoms with E-state index in [9.17, 15) is 4.79 Å². The Morgan fingerprint density at radius 3 is 2.58 bits per heavy atom. The lowest BCUT2D eigenvalue weighted by atomic mass is 10.1. The number of carbonyl (C=O) groups is 1. The van der Waals surface area contributed by atoms with Gasteiger partial charge in [-0.15, -0.1) is 0 Å². The van der Waals surface area contributed by atoms with E-state index in [1.807, 2.05) is 0 Å². The number of nitrogen functional groups attached to an aromatic ring is 1. The first kappa shape index (κ1) is 15.1. The number of anilines is 1. The molecule has 1 rings (SSSR count). The summed E-state index contributed by atoms with van der Waals surface area (Å²) in [6.45, 7) is 0.591. The van der Waals surface area contributed by atoms with Crippen LogP contribution in [0.1, 0.15) is 29.6 Å². The van der Waals surface area contributed by atoms with Crippen LogP contribution in [0, 0.1) is 0 Å². The first-order valence-electron chi connectivity index (χ1n) is 6.04. The van der Waals surface area contributed by atoms with Crippen molar-refractivity contribution in [1.82, 2.24) is 0 Å².